The Balaban J connectivity index is 3.40. The fourth-order valence-electron chi connectivity index (χ4n) is 1.64. The molecule has 3 nitrogen and oxygen atoms in total. The molecule has 0 aliphatic heterocycles. The molecule has 0 aliphatic rings. The largest absolute Gasteiger partial charge is 0.465 e. The van der Waals surface area contributed by atoms with Gasteiger partial charge >= 0.3 is 5.97 Å². The van der Waals surface area contributed by atoms with Gasteiger partial charge in [-0.05, 0) is 36.6 Å². The lowest BCUT2D eigenvalue weighted by Gasteiger charge is -2.09. The summed E-state index contributed by atoms with van der Waals surface area (Å²) < 4.78 is 4.68. The van der Waals surface area contributed by atoms with Gasteiger partial charge in [-0.2, -0.15) is 5.26 Å². The number of benzene rings is 1. The molecule has 78 valence electrons. The molecular formula is C12H13NO2. The summed E-state index contributed by atoms with van der Waals surface area (Å²) in [6.45, 7) is 3.87. The highest BCUT2D eigenvalue weighted by Crippen LogP contribution is 2.18. The molecule has 1 aromatic rings. The van der Waals surface area contributed by atoms with Gasteiger partial charge in [0.2, 0.25) is 0 Å². The van der Waals surface area contributed by atoms with E-state index in [9.17, 15) is 4.79 Å². The monoisotopic (exact) mass is 203 g/mol. The van der Waals surface area contributed by atoms with Crippen LogP contribution in [0, 0.1) is 18.3 Å². The van der Waals surface area contributed by atoms with Gasteiger partial charge in [-0.1, -0.05) is 6.92 Å². The molecule has 0 heterocycles. The van der Waals surface area contributed by atoms with Crippen LogP contribution in [0.5, 0.6) is 0 Å². The molecule has 0 saturated carbocycles. The average molecular weight is 203 g/mol. The fraction of sp³-hybridized carbons (Fsp3) is 0.333. The molecule has 0 aromatic heterocycles. The van der Waals surface area contributed by atoms with Gasteiger partial charge in [0, 0.05) is 0 Å². The molecule has 0 saturated heterocycles. The third-order valence-corrected chi connectivity index (χ3v) is 2.36. The number of ether oxygens (including phenoxy) is 1. The first-order valence-electron chi connectivity index (χ1n) is 4.76. The van der Waals surface area contributed by atoms with E-state index in [1.807, 2.05) is 19.9 Å². The number of carbonyl (C=O) groups is 1. The van der Waals surface area contributed by atoms with Gasteiger partial charge in [0.15, 0.2) is 0 Å². The van der Waals surface area contributed by atoms with Crippen LogP contribution < -0.4 is 0 Å². The van der Waals surface area contributed by atoms with Crippen molar-refractivity contribution in [2.75, 3.05) is 7.11 Å². The van der Waals surface area contributed by atoms with Crippen molar-refractivity contribution in [1.29, 1.82) is 5.26 Å². The van der Waals surface area contributed by atoms with E-state index in [0.29, 0.717) is 11.1 Å². The predicted octanol–water partition coefficient (Wildman–Crippen LogP) is 2.22. The predicted molar refractivity (Wildman–Crippen MR) is 56.6 cm³/mol. The number of hydrogen-bond donors (Lipinski definition) is 0. The van der Waals surface area contributed by atoms with E-state index in [2.05, 4.69) is 4.74 Å². The van der Waals surface area contributed by atoms with Crippen molar-refractivity contribution in [1.82, 2.24) is 0 Å². The third-order valence-electron chi connectivity index (χ3n) is 2.36. The lowest BCUT2D eigenvalue weighted by Crippen LogP contribution is -2.07. The van der Waals surface area contributed by atoms with Crippen molar-refractivity contribution in [3.8, 4) is 6.07 Å². The van der Waals surface area contributed by atoms with Crippen molar-refractivity contribution in [3.63, 3.8) is 0 Å². The second-order valence-corrected chi connectivity index (χ2v) is 3.28. The van der Waals surface area contributed by atoms with Gasteiger partial charge in [-0.25, -0.2) is 4.79 Å². The van der Waals surface area contributed by atoms with Crippen LogP contribution in [0.4, 0.5) is 0 Å². The minimum atomic E-state index is -0.382. The number of esters is 1. The Morgan fingerprint density at radius 3 is 2.67 bits per heavy atom. The van der Waals surface area contributed by atoms with E-state index >= 15 is 0 Å². The number of nitriles is 1. The smallest absolute Gasteiger partial charge is 0.338 e. The second kappa shape index (κ2) is 4.61. The Hall–Kier alpha value is -1.82. The Morgan fingerprint density at radius 1 is 1.53 bits per heavy atom. The van der Waals surface area contributed by atoms with Crippen LogP contribution in [-0.2, 0) is 11.2 Å². The van der Waals surface area contributed by atoms with Crippen LogP contribution in [-0.4, -0.2) is 13.1 Å². The van der Waals surface area contributed by atoms with E-state index < -0.39 is 0 Å². The van der Waals surface area contributed by atoms with E-state index in [4.69, 9.17) is 5.26 Å². The Morgan fingerprint density at radius 2 is 2.20 bits per heavy atom. The molecule has 3 heteroatoms. The van der Waals surface area contributed by atoms with Crippen LogP contribution in [0.15, 0.2) is 12.1 Å². The van der Waals surface area contributed by atoms with Crippen LogP contribution in [0.2, 0.25) is 0 Å². The van der Waals surface area contributed by atoms with Gasteiger partial charge in [-0.15, -0.1) is 0 Å². The molecule has 0 radical (unpaired) electrons. The summed E-state index contributed by atoms with van der Waals surface area (Å²) in [5, 5.41) is 8.80. The quantitative estimate of drug-likeness (QED) is 0.692. The van der Waals surface area contributed by atoms with Gasteiger partial charge < -0.3 is 4.74 Å². The first kappa shape index (κ1) is 11.3. The van der Waals surface area contributed by atoms with Crippen molar-refractivity contribution >= 4 is 5.97 Å². The molecule has 0 N–H and O–H groups in total. The fourth-order valence-corrected chi connectivity index (χ4v) is 1.64. The lowest BCUT2D eigenvalue weighted by molar-refractivity contribution is 0.0599. The van der Waals surface area contributed by atoms with E-state index in [1.165, 1.54) is 7.11 Å². The van der Waals surface area contributed by atoms with Crippen LogP contribution >= 0.6 is 0 Å². The molecular weight excluding hydrogens is 190 g/mol. The highest BCUT2D eigenvalue weighted by atomic mass is 16.5. The number of rotatable bonds is 2. The van der Waals surface area contributed by atoms with Crippen molar-refractivity contribution in [2.24, 2.45) is 0 Å². The maximum Gasteiger partial charge on any atom is 0.338 e. The lowest BCUT2D eigenvalue weighted by atomic mass is 9.97. The Labute approximate surface area is 89.3 Å². The summed E-state index contributed by atoms with van der Waals surface area (Å²) in [4.78, 5) is 11.5. The highest BCUT2D eigenvalue weighted by molar-refractivity contribution is 5.92. The summed E-state index contributed by atoms with van der Waals surface area (Å²) in [5.74, 6) is -0.382. The number of aryl methyl sites for hydroxylation is 1. The summed E-state index contributed by atoms with van der Waals surface area (Å²) in [6.07, 6.45) is 0.752. The maximum atomic E-state index is 11.5. The number of hydrogen-bond acceptors (Lipinski definition) is 3. The molecule has 0 atom stereocenters. The van der Waals surface area contributed by atoms with Crippen molar-refractivity contribution < 1.29 is 9.53 Å². The zero-order chi connectivity index (χ0) is 11.4. The molecule has 1 rings (SSSR count). The minimum Gasteiger partial charge on any atom is -0.465 e. The minimum absolute atomic E-state index is 0.382. The second-order valence-electron chi connectivity index (χ2n) is 3.28. The van der Waals surface area contributed by atoms with Gasteiger partial charge in [0.1, 0.15) is 0 Å². The highest BCUT2D eigenvalue weighted by Gasteiger charge is 2.13. The zero-order valence-electron chi connectivity index (χ0n) is 9.13. The molecule has 0 unspecified atom stereocenters. The third kappa shape index (κ3) is 2.16. The molecule has 0 bridgehead atoms. The number of nitrogens with zero attached hydrogens (tertiary/aromatic N) is 1. The Kier molecular flexibility index (Phi) is 3.46. The van der Waals surface area contributed by atoms with Crippen molar-refractivity contribution in [2.45, 2.75) is 20.3 Å². The SMILES string of the molecule is CCc1c(C)cc(C#N)cc1C(=O)OC. The molecule has 0 aliphatic carbocycles. The summed E-state index contributed by atoms with van der Waals surface area (Å²) in [7, 11) is 1.34. The topological polar surface area (TPSA) is 50.1 Å². The van der Waals surface area contributed by atoms with Gasteiger partial charge in [-0.3, -0.25) is 0 Å². The molecule has 0 fully saturated rings. The normalized spacial score (nSPS) is 9.47. The molecule has 1 aromatic carbocycles. The maximum absolute atomic E-state index is 11.5. The van der Waals surface area contributed by atoms with Crippen LogP contribution in [0.3, 0.4) is 0 Å². The summed E-state index contributed by atoms with van der Waals surface area (Å²) >= 11 is 0. The molecule has 0 amide bonds. The van der Waals surface area contributed by atoms with Gasteiger partial charge in [0.05, 0.1) is 24.3 Å². The first-order chi connectivity index (χ1) is 7.13. The number of methoxy groups -OCH3 is 1. The van der Waals surface area contributed by atoms with E-state index in [0.717, 1.165) is 17.5 Å². The standard InChI is InChI=1S/C12H13NO2/c1-4-10-8(2)5-9(7-13)6-11(10)12(14)15-3/h5-6H,4H2,1-3H3. The molecule has 15 heavy (non-hydrogen) atoms. The Bertz CT molecular complexity index is 430. The molecule has 0 spiro atoms. The average Bonchev–Trinajstić information content (AvgIpc) is 2.26. The van der Waals surface area contributed by atoms with Gasteiger partial charge in [0.25, 0.3) is 0 Å². The summed E-state index contributed by atoms with van der Waals surface area (Å²) in [6, 6.07) is 5.39. The zero-order valence-corrected chi connectivity index (χ0v) is 9.13. The summed E-state index contributed by atoms with van der Waals surface area (Å²) in [5.41, 5.74) is 2.89. The van der Waals surface area contributed by atoms with E-state index in [-0.39, 0.29) is 5.97 Å². The van der Waals surface area contributed by atoms with E-state index in [1.54, 1.807) is 12.1 Å². The first-order valence-corrected chi connectivity index (χ1v) is 4.76. The number of carbonyl (C=O) groups excluding carboxylic acids is 1. The van der Waals surface area contributed by atoms with Crippen molar-refractivity contribution in [3.05, 3.63) is 34.4 Å². The van der Waals surface area contributed by atoms with Crippen LogP contribution in [0.25, 0.3) is 0 Å². The van der Waals surface area contributed by atoms with Crippen LogP contribution in [0.1, 0.15) is 34.0 Å².